The Bertz CT molecular complexity index is 529. The van der Waals surface area contributed by atoms with E-state index in [2.05, 4.69) is 17.6 Å². The highest BCUT2D eigenvalue weighted by Gasteiger charge is 2.52. The molecule has 114 valence electrons. The van der Waals surface area contributed by atoms with Crippen LogP contribution in [0.15, 0.2) is 23.9 Å². The second kappa shape index (κ2) is 6.12. The van der Waals surface area contributed by atoms with E-state index < -0.39 is 7.12 Å². The fourth-order valence-corrected chi connectivity index (χ4v) is 2.31. The maximum atomic E-state index is 9.18. The van der Waals surface area contributed by atoms with E-state index >= 15 is 0 Å². The van der Waals surface area contributed by atoms with Gasteiger partial charge in [0, 0.05) is 18.1 Å². The van der Waals surface area contributed by atoms with Crippen molar-refractivity contribution in [3.05, 3.63) is 35.1 Å². The maximum Gasteiger partial charge on any atom is 0.491 e. The number of pyridine rings is 1. The van der Waals surface area contributed by atoms with Gasteiger partial charge in [0.15, 0.2) is 0 Å². The molecule has 1 aliphatic rings. The van der Waals surface area contributed by atoms with E-state index in [1.807, 2.05) is 39.8 Å². The summed E-state index contributed by atoms with van der Waals surface area (Å²) in [6.07, 6.45) is 5.35. The van der Waals surface area contributed by atoms with Gasteiger partial charge >= 0.3 is 7.12 Å². The van der Waals surface area contributed by atoms with Gasteiger partial charge in [-0.1, -0.05) is 6.08 Å². The Kier molecular flexibility index (Phi) is 4.83. The van der Waals surface area contributed by atoms with Gasteiger partial charge in [-0.25, -0.2) is 0 Å². The molecule has 1 aromatic heterocycles. The van der Waals surface area contributed by atoms with Crippen molar-refractivity contribution in [3.8, 4) is 0 Å². The van der Waals surface area contributed by atoms with Crippen LogP contribution >= 0.6 is 12.6 Å². The van der Waals surface area contributed by atoms with Gasteiger partial charge in [0.05, 0.1) is 17.8 Å². The van der Waals surface area contributed by atoms with E-state index in [0.29, 0.717) is 5.75 Å². The Hall–Kier alpha value is -0.815. The van der Waals surface area contributed by atoms with Crippen molar-refractivity contribution >= 4 is 25.8 Å². The molecular formula is C15H22BNO3S. The Labute approximate surface area is 132 Å². The smallest absolute Gasteiger partial charge is 0.400 e. The van der Waals surface area contributed by atoms with E-state index in [9.17, 15) is 5.11 Å². The third kappa shape index (κ3) is 3.51. The third-order valence-corrected chi connectivity index (χ3v) is 4.45. The van der Waals surface area contributed by atoms with Gasteiger partial charge in [0.1, 0.15) is 0 Å². The van der Waals surface area contributed by atoms with Crippen molar-refractivity contribution in [2.75, 3.05) is 5.75 Å². The summed E-state index contributed by atoms with van der Waals surface area (Å²) in [5, 5.41) is 9.18. The predicted octanol–water partition coefficient (Wildman–Crippen LogP) is 2.52. The Morgan fingerprint density at radius 1 is 1.29 bits per heavy atom. The summed E-state index contributed by atoms with van der Waals surface area (Å²) in [4.78, 5) is 4.12. The SMILES string of the molecule is CC1(C)OB(C(=Cc2cncc(CO)c2)CS)OC1(C)C. The zero-order valence-electron chi connectivity index (χ0n) is 13.0. The zero-order chi connectivity index (χ0) is 15.7. The molecule has 2 rings (SSSR count). The Morgan fingerprint density at radius 2 is 1.90 bits per heavy atom. The first-order valence-corrected chi connectivity index (χ1v) is 7.64. The van der Waals surface area contributed by atoms with Gasteiger partial charge < -0.3 is 14.4 Å². The van der Waals surface area contributed by atoms with Gasteiger partial charge in [-0.3, -0.25) is 4.98 Å². The average molecular weight is 307 g/mol. The number of thiol groups is 1. The molecule has 0 atom stereocenters. The van der Waals surface area contributed by atoms with E-state index in [1.165, 1.54) is 0 Å². The van der Waals surface area contributed by atoms with Crippen LogP contribution in [-0.2, 0) is 15.9 Å². The van der Waals surface area contributed by atoms with Crippen LogP contribution in [0.2, 0.25) is 0 Å². The molecule has 6 heteroatoms. The van der Waals surface area contributed by atoms with Crippen molar-refractivity contribution in [2.24, 2.45) is 0 Å². The van der Waals surface area contributed by atoms with Crippen LogP contribution in [0.5, 0.6) is 0 Å². The Balaban J connectivity index is 2.26. The molecule has 1 aromatic rings. The normalized spacial score (nSPS) is 20.9. The maximum absolute atomic E-state index is 9.18. The molecule has 0 aliphatic carbocycles. The van der Waals surface area contributed by atoms with Crippen molar-refractivity contribution in [1.82, 2.24) is 4.98 Å². The highest BCUT2D eigenvalue weighted by atomic mass is 32.1. The number of aromatic nitrogens is 1. The van der Waals surface area contributed by atoms with Crippen LogP contribution < -0.4 is 0 Å². The lowest BCUT2D eigenvalue weighted by Crippen LogP contribution is -2.41. The minimum absolute atomic E-state index is 0.0264. The van der Waals surface area contributed by atoms with Gasteiger partial charge in [-0.15, -0.1) is 0 Å². The largest absolute Gasteiger partial charge is 0.491 e. The van der Waals surface area contributed by atoms with Crippen LogP contribution in [0.1, 0.15) is 38.8 Å². The molecule has 1 saturated heterocycles. The predicted molar refractivity (Wildman–Crippen MR) is 88.1 cm³/mol. The molecule has 0 bridgehead atoms. The lowest BCUT2D eigenvalue weighted by Gasteiger charge is -2.32. The number of hydrogen-bond donors (Lipinski definition) is 2. The van der Waals surface area contributed by atoms with Gasteiger partial charge in [-0.2, -0.15) is 12.6 Å². The molecule has 0 spiro atoms. The van der Waals surface area contributed by atoms with Crippen molar-refractivity contribution < 1.29 is 14.4 Å². The van der Waals surface area contributed by atoms with E-state index in [4.69, 9.17) is 9.31 Å². The highest BCUT2D eigenvalue weighted by Crippen LogP contribution is 2.38. The van der Waals surface area contributed by atoms with Gasteiger partial charge in [0.2, 0.25) is 0 Å². The molecule has 21 heavy (non-hydrogen) atoms. The van der Waals surface area contributed by atoms with Crippen LogP contribution in [0.25, 0.3) is 6.08 Å². The number of nitrogens with zero attached hydrogens (tertiary/aromatic N) is 1. The summed E-state index contributed by atoms with van der Waals surface area (Å²) < 4.78 is 12.1. The fraction of sp³-hybridized carbons (Fsp3) is 0.533. The number of rotatable bonds is 4. The molecule has 4 nitrogen and oxygen atoms in total. The minimum Gasteiger partial charge on any atom is -0.400 e. The van der Waals surface area contributed by atoms with Crippen molar-refractivity contribution in [3.63, 3.8) is 0 Å². The topological polar surface area (TPSA) is 51.6 Å². The van der Waals surface area contributed by atoms with Crippen LogP contribution in [0.3, 0.4) is 0 Å². The van der Waals surface area contributed by atoms with Gasteiger partial charge in [-0.05, 0) is 50.4 Å². The third-order valence-electron chi connectivity index (χ3n) is 4.09. The first kappa shape index (κ1) is 16.6. The molecular weight excluding hydrogens is 285 g/mol. The second-order valence-corrected chi connectivity index (χ2v) is 6.57. The minimum atomic E-state index is -0.412. The van der Waals surface area contributed by atoms with Crippen LogP contribution in [0, 0.1) is 0 Å². The standard InChI is InChI=1S/C15H22BNO3S/c1-14(2)15(3,4)20-16(19-14)13(10-21)6-11-5-12(9-18)8-17-7-11/h5-8,18,21H,9-10H2,1-4H3. The lowest BCUT2D eigenvalue weighted by molar-refractivity contribution is 0.00578. The number of aliphatic hydroxyl groups is 1. The van der Waals surface area contributed by atoms with Crippen molar-refractivity contribution in [1.29, 1.82) is 0 Å². The van der Waals surface area contributed by atoms with Crippen LogP contribution in [-0.4, -0.2) is 34.2 Å². The highest BCUT2D eigenvalue weighted by molar-refractivity contribution is 7.80. The quantitative estimate of drug-likeness (QED) is 0.663. The van der Waals surface area contributed by atoms with E-state index in [0.717, 1.165) is 16.6 Å². The molecule has 0 saturated carbocycles. The fourth-order valence-electron chi connectivity index (χ4n) is 2.07. The molecule has 1 N–H and O–H groups in total. The summed E-state index contributed by atoms with van der Waals surface area (Å²) in [6, 6.07) is 1.89. The second-order valence-electron chi connectivity index (χ2n) is 6.25. The van der Waals surface area contributed by atoms with E-state index in [1.54, 1.807) is 12.4 Å². The molecule has 0 unspecified atom stereocenters. The summed E-state index contributed by atoms with van der Waals surface area (Å²) in [5.74, 6) is 0.528. The monoisotopic (exact) mass is 307 g/mol. The van der Waals surface area contributed by atoms with Crippen LogP contribution in [0.4, 0.5) is 0 Å². The number of aliphatic hydroxyl groups excluding tert-OH is 1. The Morgan fingerprint density at radius 3 is 2.43 bits per heavy atom. The van der Waals surface area contributed by atoms with Gasteiger partial charge in [0.25, 0.3) is 0 Å². The molecule has 1 aliphatic heterocycles. The zero-order valence-corrected chi connectivity index (χ0v) is 13.9. The van der Waals surface area contributed by atoms with Crippen molar-refractivity contribution in [2.45, 2.75) is 45.5 Å². The molecule has 1 fully saturated rings. The number of hydrogen-bond acceptors (Lipinski definition) is 5. The average Bonchev–Trinajstić information content (AvgIpc) is 2.65. The summed E-state index contributed by atoms with van der Waals surface area (Å²) in [7, 11) is -0.412. The molecule has 0 aromatic carbocycles. The molecule has 2 heterocycles. The van der Waals surface area contributed by atoms with E-state index in [-0.39, 0.29) is 17.8 Å². The first-order chi connectivity index (χ1) is 9.79. The molecule has 0 radical (unpaired) electrons. The molecule has 0 amide bonds. The first-order valence-electron chi connectivity index (χ1n) is 7.01. The lowest BCUT2D eigenvalue weighted by atomic mass is 9.78. The summed E-state index contributed by atoms with van der Waals surface area (Å²) in [6.45, 7) is 8.07. The summed E-state index contributed by atoms with van der Waals surface area (Å²) >= 11 is 4.39. The summed E-state index contributed by atoms with van der Waals surface area (Å²) in [5.41, 5.74) is 1.88.